The van der Waals surface area contributed by atoms with Crippen molar-refractivity contribution in [3.63, 3.8) is 0 Å². The van der Waals surface area contributed by atoms with E-state index < -0.39 is 10.3 Å². The molecule has 0 saturated heterocycles. The molecule has 0 spiro atoms. The highest BCUT2D eigenvalue weighted by atomic mass is 16.6. The van der Waals surface area contributed by atoms with Crippen LogP contribution in [0.5, 0.6) is 5.75 Å². The fourth-order valence-corrected chi connectivity index (χ4v) is 1.45. The van der Waals surface area contributed by atoms with Gasteiger partial charge in [-0.3, -0.25) is 20.3 Å². The van der Waals surface area contributed by atoms with Gasteiger partial charge in [-0.2, -0.15) is 0 Å². The van der Waals surface area contributed by atoms with Crippen molar-refractivity contribution in [2.45, 2.75) is 20.8 Å². The maximum absolute atomic E-state index is 11.5. The van der Waals surface area contributed by atoms with Crippen molar-refractivity contribution in [1.82, 2.24) is 5.43 Å². The Morgan fingerprint density at radius 1 is 1.53 bits per heavy atom. The van der Waals surface area contributed by atoms with Crippen molar-refractivity contribution in [3.8, 4) is 5.75 Å². The summed E-state index contributed by atoms with van der Waals surface area (Å²) < 4.78 is 5.47. The third kappa shape index (κ3) is 3.65. The van der Waals surface area contributed by atoms with Gasteiger partial charge >= 0.3 is 0 Å². The van der Waals surface area contributed by atoms with Gasteiger partial charge in [0.25, 0.3) is 5.69 Å². The van der Waals surface area contributed by atoms with Crippen molar-refractivity contribution in [2.24, 2.45) is 11.3 Å². The zero-order valence-electron chi connectivity index (χ0n) is 11.1. The number of carbonyl (C=O) groups is 1. The minimum atomic E-state index is -0.787. The molecule has 0 fully saturated rings. The van der Waals surface area contributed by atoms with E-state index in [1.807, 2.05) is 0 Å². The molecular formula is C12H17N3O4. The van der Waals surface area contributed by atoms with E-state index >= 15 is 0 Å². The highest BCUT2D eigenvalue weighted by Crippen LogP contribution is 2.25. The number of rotatable bonds is 5. The Balaban J connectivity index is 2.77. The lowest BCUT2D eigenvalue weighted by Crippen LogP contribution is -2.44. The number of nitrogens with two attached hydrogens (primary N) is 1. The maximum Gasteiger partial charge on any atom is 0.272 e. The molecule has 104 valence electrons. The third-order valence-corrected chi connectivity index (χ3v) is 2.71. The number of carbonyl (C=O) groups excluding carboxylic acids is 1. The van der Waals surface area contributed by atoms with Crippen LogP contribution in [0.25, 0.3) is 0 Å². The van der Waals surface area contributed by atoms with Crippen LogP contribution in [0.4, 0.5) is 5.69 Å². The lowest BCUT2D eigenvalue weighted by Gasteiger charge is -2.22. The molecular weight excluding hydrogens is 250 g/mol. The Labute approximate surface area is 110 Å². The highest BCUT2D eigenvalue weighted by Gasteiger charge is 2.28. The molecule has 19 heavy (non-hydrogen) atoms. The normalized spacial score (nSPS) is 10.9. The van der Waals surface area contributed by atoms with Gasteiger partial charge in [-0.15, -0.1) is 0 Å². The number of hydrogen-bond donors (Lipinski definition) is 2. The molecule has 0 radical (unpaired) electrons. The SMILES string of the molecule is Cc1cc(OCC(C)(C)C(=O)NN)ccc1[N+](=O)[O-]. The summed E-state index contributed by atoms with van der Waals surface area (Å²) >= 11 is 0. The van der Waals surface area contributed by atoms with Crippen LogP contribution >= 0.6 is 0 Å². The number of nitro benzene ring substituents is 1. The maximum atomic E-state index is 11.5. The molecule has 0 unspecified atom stereocenters. The second-order valence-electron chi connectivity index (χ2n) is 4.85. The van der Waals surface area contributed by atoms with Gasteiger partial charge < -0.3 is 4.74 Å². The molecule has 3 N–H and O–H groups in total. The molecule has 1 rings (SSSR count). The lowest BCUT2D eigenvalue weighted by atomic mass is 9.94. The predicted molar refractivity (Wildman–Crippen MR) is 69.4 cm³/mol. The quantitative estimate of drug-likeness (QED) is 0.362. The minimum absolute atomic E-state index is 0.0336. The first-order chi connectivity index (χ1) is 8.77. The van der Waals surface area contributed by atoms with E-state index in [4.69, 9.17) is 10.6 Å². The number of aryl methyl sites for hydroxylation is 1. The first-order valence-electron chi connectivity index (χ1n) is 5.67. The van der Waals surface area contributed by atoms with Crippen molar-refractivity contribution in [3.05, 3.63) is 33.9 Å². The fraction of sp³-hybridized carbons (Fsp3) is 0.417. The molecule has 0 bridgehead atoms. The third-order valence-electron chi connectivity index (χ3n) is 2.71. The van der Waals surface area contributed by atoms with E-state index in [1.54, 1.807) is 26.8 Å². The Kier molecular flexibility index (Phi) is 4.44. The number of ether oxygens (including phenoxy) is 1. The number of nitrogens with zero attached hydrogens (tertiary/aromatic N) is 1. The largest absolute Gasteiger partial charge is 0.492 e. The van der Waals surface area contributed by atoms with Gasteiger partial charge in [0.1, 0.15) is 12.4 Å². The molecule has 1 aromatic rings. The molecule has 0 aliphatic heterocycles. The van der Waals surface area contributed by atoms with Gasteiger partial charge in [-0.25, -0.2) is 5.84 Å². The van der Waals surface area contributed by atoms with Crippen LogP contribution in [-0.4, -0.2) is 17.4 Å². The zero-order valence-corrected chi connectivity index (χ0v) is 11.1. The van der Waals surface area contributed by atoms with Crippen LogP contribution in [0, 0.1) is 22.5 Å². The second-order valence-corrected chi connectivity index (χ2v) is 4.85. The average molecular weight is 267 g/mol. The molecule has 0 heterocycles. The summed E-state index contributed by atoms with van der Waals surface area (Å²) in [6.45, 7) is 5.12. The average Bonchev–Trinajstić information content (AvgIpc) is 2.35. The lowest BCUT2D eigenvalue weighted by molar-refractivity contribution is -0.385. The van der Waals surface area contributed by atoms with E-state index in [2.05, 4.69) is 5.43 Å². The molecule has 0 atom stereocenters. The Morgan fingerprint density at radius 3 is 2.63 bits per heavy atom. The van der Waals surface area contributed by atoms with E-state index in [0.29, 0.717) is 11.3 Å². The fourth-order valence-electron chi connectivity index (χ4n) is 1.45. The van der Waals surface area contributed by atoms with E-state index in [0.717, 1.165) is 0 Å². The number of nitro groups is 1. The van der Waals surface area contributed by atoms with E-state index in [-0.39, 0.29) is 18.2 Å². The molecule has 1 aromatic carbocycles. The predicted octanol–water partition coefficient (Wildman–Crippen LogP) is 1.30. The Hall–Kier alpha value is -2.15. The van der Waals surface area contributed by atoms with Crippen LogP contribution in [0.15, 0.2) is 18.2 Å². The molecule has 1 amide bonds. The Bertz CT molecular complexity index is 500. The molecule has 0 aliphatic rings. The monoisotopic (exact) mass is 267 g/mol. The summed E-state index contributed by atoms with van der Waals surface area (Å²) in [5.41, 5.74) is 1.82. The Morgan fingerprint density at radius 2 is 2.16 bits per heavy atom. The molecule has 7 heteroatoms. The van der Waals surface area contributed by atoms with E-state index in [9.17, 15) is 14.9 Å². The second kappa shape index (κ2) is 5.66. The standard InChI is InChI=1S/C12H17N3O4/c1-8-6-9(4-5-10(8)15(17)18)19-7-12(2,3)11(16)14-13/h4-6H,7,13H2,1-3H3,(H,14,16). The summed E-state index contributed by atoms with van der Waals surface area (Å²) in [5.74, 6) is 5.21. The smallest absolute Gasteiger partial charge is 0.272 e. The van der Waals surface area contributed by atoms with Gasteiger partial charge in [-0.1, -0.05) is 0 Å². The van der Waals surface area contributed by atoms with Gasteiger partial charge in [0.15, 0.2) is 0 Å². The van der Waals surface area contributed by atoms with Crippen LogP contribution in [0.1, 0.15) is 19.4 Å². The number of benzene rings is 1. The molecule has 7 nitrogen and oxygen atoms in total. The van der Waals surface area contributed by atoms with Gasteiger partial charge in [-0.05, 0) is 32.9 Å². The highest BCUT2D eigenvalue weighted by molar-refractivity contribution is 5.81. The molecule has 0 aromatic heterocycles. The first-order valence-corrected chi connectivity index (χ1v) is 5.67. The van der Waals surface area contributed by atoms with Crippen molar-refractivity contribution >= 4 is 11.6 Å². The summed E-state index contributed by atoms with van der Waals surface area (Å²) in [6, 6.07) is 4.44. The number of amides is 1. The van der Waals surface area contributed by atoms with Crippen molar-refractivity contribution in [1.29, 1.82) is 0 Å². The zero-order chi connectivity index (χ0) is 14.6. The van der Waals surface area contributed by atoms with Gasteiger partial charge in [0.05, 0.1) is 10.3 Å². The molecule has 0 saturated carbocycles. The van der Waals surface area contributed by atoms with Crippen LogP contribution in [-0.2, 0) is 4.79 Å². The topological polar surface area (TPSA) is 107 Å². The number of nitrogens with one attached hydrogen (secondary N) is 1. The van der Waals surface area contributed by atoms with Gasteiger partial charge in [0.2, 0.25) is 5.91 Å². The van der Waals surface area contributed by atoms with Crippen LogP contribution in [0.3, 0.4) is 0 Å². The van der Waals surface area contributed by atoms with Crippen molar-refractivity contribution < 1.29 is 14.5 Å². The van der Waals surface area contributed by atoms with Gasteiger partial charge in [0, 0.05) is 11.6 Å². The van der Waals surface area contributed by atoms with Crippen LogP contribution < -0.4 is 16.0 Å². The first kappa shape index (κ1) is 14.9. The summed E-state index contributed by atoms with van der Waals surface area (Å²) in [4.78, 5) is 21.7. The summed E-state index contributed by atoms with van der Waals surface area (Å²) in [6.07, 6.45) is 0. The number of hydrazine groups is 1. The number of hydrogen-bond acceptors (Lipinski definition) is 5. The van der Waals surface area contributed by atoms with Crippen LogP contribution in [0.2, 0.25) is 0 Å². The minimum Gasteiger partial charge on any atom is -0.492 e. The summed E-state index contributed by atoms with van der Waals surface area (Å²) in [7, 11) is 0. The summed E-state index contributed by atoms with van der Waals surface area (Å²) in [5, 5.41) is 10.7. The van der Waals surface area contributed by atoms with Crippen molar-refractivity contribution in [2.75, 3.05) is 6.61 Å². The van der Waals surface area contributed by atoms with E-state index in [1.165, 1.54) is 12.1 Å². The molecule has 0 aliphatic carbocycles.